The molecular weight excluding hydrogens is 454 g/mol. The first-order chi connectivity index (χ1) is 14.0. The van der Waals surface area contributed by atoms with Gasteiger partial charge in [0.15, 0.2) is 5.69 Å². The SMILES string of the molecule is O=C(N=Nc1c(O)n(Cc2ccc(Cl)cc2)c2ccccc12)c1ccccc1Br. The van der Waals surface area contributed by atoms with Crippen molar-refractivity contribution in [1.82, 2.24) is 4.57 Å². The molecule has 5 nitrogen and oxygen atoms in total. The van der Waals surface area contributed by atoms with Gasteiger partial charge in [-0.15, -0.1) is 10.2 Å². The Bertz CT molecular complexity index is 1230. The Morgan fingerprint density at radius 1 is 1.00 bits per heavy atom. The first-order valence-corrected chi connectivity index (χ1v) is 9.97. The van der Waals surface area contributed by atoms with Crippen molar-refractivity contribution in [2.45, 2.75) is 6.54 Å². The van der Waals surface area contributed by atoms with E-state index in [4.69, 9.17) is 11.6 Å². The third-order valence-electron chi connectivity index (χ3n) is 4.52. The highest BCUT2D eigenvalue weighted by molar-refractivity contribution is 9.10. The van der Waals surface area contributed by atoms with E-state index in [1.165, 1.54) is 0 Å². The molecule has 0 saturated heterocycles. The molecule has 0 spiro atoms. The molecule has 29 heavy (non-hydrogen) atoms. The number of fused-ring (bicyclic) bond motifs is 1. The van der Waals surface area contributed by atoms with Crippen LogP contribution < -0.4 is 0 Å². The van der Waals surface area contributed by atoms with E-state index in [9.17, 15) is 9.90 Å². The molecule has 3 aromatic carbocycles. The van der Waals surface area contributed by atoms with Crippen molar-refractivity contribution in [2.75, 3.05) is 0 Å². The zero-order valence-corrected chi connectivity index (χ0v) is 17.4. The maximum Gasteiger partial charge on any atom is 0.296 e. The van der Waals surface area contributed by atoms with Crippen molar-refractivity contribution < 1.29 is 9.90 Å². The Morgan fingerprint density at radius 3 is 2.45 bits per heavy atom. The highest BCUT2D eigenvalue weighted by Gasteiger charge is 2.17. The standard InChI is InChI=1S/C22H15BrClN3O2/c23-18-7-3-1-5-16(18)21(28)26-25-20-17-6-2-4-8-19(17)27(22(20)29)13-14-9-11-15(24)12-10-14/h1-12,29H,13H2. The van der Waals surface area contributed by atoms with Crippen LogP contribution in [0.25, 0.3) is 10.9 Å². The summed E-state index contributed by atoms with van der Waals surface area (Å²) in [6, 6.07) is 21.8. The number of carbonyl (C=O) groups is 1. The Balaban J connectivity index is 1.73. The van der Waals surface area contributed by atoms with Crippen LogP contribution >= 0.6 is 27.5 Å². The zero-order chi connectivity index (χ0) is 20.4. The molecule has 0 aliphatic heterocycles. The van der Waals surface area contributed by atoms with Crippen LogP contribution in [-0.2, 0) is 6.54 Å². The van der Waals surface area contributed by atoms with Gasteiger partial charge in [0.2, 0.25) is 5.88 Å². The fourth-order valence-corrected chi connectivity index (χ4v) is 3.67. The van der Waals surface area contributed by atoms with Gasteiger partial charge in [0.05, 0.1) is 17.6 Å². The Hall–Kier alpha value is -2.96. The van der Waals surface area contributed by atoms with Gasteiger partial charge in [-0.3, -0.25) is 4.79 Å². The summed E-state index contributed by atoms with van der Waals surface area (Å²) in [5, 5.41) is 20.1. The number of carbonyl (C=O) groups excluding carboxylic acids is 1. The number of aromatic nitrogens is 1. The Kier molecular flexibility index (Phi) is 5.47. The van der Waals surface area contributed by atoms with Crippen molar-refractivity contribution in [3.8, 4) is 5.88 Å². The quantitative estimate of drug-likeness (QED) is 0.337. The van der Waals surface area contributed by atoms with Gasteiger partial charge in [-0.25, -0.2) is 0 Å². The third kappa shape index (κ3) is 3.95. The van der Waals surface area contributed by atoms with Crippen LogP contribution in [0.5, 0.6) is 5.88 Å². The molecule has 1 heterocycles. The van der Waals surface area contributed by atoms with Crippen LogP contribution in [0.4, 0.5) is 5.69 Å². The second-order valence-electron chi connectivity index (χ2n) is 6.39. The van der Waals surface area contributed by atoms with Crippen LogP contribution in [0, 0.1) is 0 Å². The normalized spacial score (nSPS) is 11.4. The van der Waals surface area contributed by atoms with E-state index < -0.39 is 5.91 Å². The largest absolute Gasteiger partial charge is 0.493 e. The molecule has 4 aromatic rings. The van der Waals surface area contributed by atoms with E-state index in [0.717, 1.165) is 11.1 Å². The molecule has 0 unspecified atom stereocenters. The molecule has 0 aliphatic carbocycles. The van der Waals surface area contributed by atoms with Crippen LogP contribution in [0.15, 0.2) is 87.5 Å². The van der Waals surface area contributed by atoms with Crippen molar-refractivity contribution in [2.24, 2.45) is 10.2 Å². The monoisotopic (exact) mass is 467 g/mol. The summed E-state index contributed by atoms with van der Waals surface area (Å²) in [5.74, 6) is -0.545. The number of azo groups is 1. The fourth-order valence-electron chi connectivity index (χ4n) is 3.09. The predicted octanol–water partition coefficient (Wildman–Crippen LogP) is 6.74. The number of rotatable bonds is 4. The molecule has 0 fully saturated rings. The van der Waals surface area contributed by atoms with Crippen molar-refractivity contribution in [3.05, 3.63) is 93.4 Å². The molecule has 0 radical (unpaired) electrons. The predicted molar refractivity (Wildman–Crippen MR) is 117 cm³/mol. The molecule has 0 aliphatic rings. The van der Waals surface area contributed by atoms with E-state index >= 15 is 0 Å². The van der Waals surface area contributed by atoms with Gasteiger partial charge in [0, 0.05) is 14.9 Å². The van der Waals surface area contributed by atoms with Crippen molar-refractivity contribution in [1.29, 1.82) is 0 Å². The molecular formula is C22H15BrClN3O2. The minimum absolute atomic E-state index is 0.0511. The zero-order valence-electron chi connectivity index (χ0n) is 15.1. The first kappa shape index (κ1) is 19.4. The molecule has 144 valence electrons. The van der Waals surface area contributed by atoms with Gasteiger partial charge in [0.1, 0.15) is 0 Å². The maximum atomic E-state index is 12.4. The summed E-state index contributed by atoms with van der Waals surface area (Å²) in [7, 11) is 0. The third-order valence-corrected chi connectivity index (χ3v) is 5.46. The van der Waals surface area contributed by atoms with E-state index in [1.54, 1.807) is 34.9 Å². The molecule has 1 aromatic heterocycles. The highest BCUT2D eigenvalue weighted by Crippen LogP contribution is 2.39. The second-order valence-corrected chi connectivity index (χ2v) is 7.68. The number of hydrogen-bond donors (Lipinski definition) is 1. The minimum Gasteiger partial charge on any atom is -0.493 e. The van der Waals surface area contributed by atoms with Crippen LogP contribution in [0.3, 0.4) is 0 Å². The average molecular weight is 469 g/mol. The molecule has 1 N–H and O–H groups in total. The summed E-state index contributed by atoms with van der Waals surface area (Å²) in [5.41, 5.74) is 2.43. The van der Waals surface area contributed by atoms with Gasteiger partial charge in [-0.05, 0) is 51.8 Å². The Morgan fingerprint density at radius 2 is 1.69 bits per heavy atom. The summed E-state index contributed by atoms with van der Waals surface area (Å²) in [6.07, 6.45) is 0. The number of nitrogens with zero attached hydrogens (tertiary/aromatic N) is 3. The smallest absolute Gasteiger partial charge is 0.296 e. The lowest BCUT2D eigenvalue weighted by molar-refractivity contribution is 0.0994. The first-order valence-electron chi connectivity index (χ1n) is 8.80. The summed E-state index contributed by atoms with van der Waals surface area (Å²) >= 11 is 9.30. The van der Waals surface area contributed by atoms with Gasteiger partial charge < -0.3 is 9.67 Å². The molecule has 0 atom stereocenters. The van der Waals surface area contributed by atoms with Crippen molar-refractivity contribution in [3.63, 3.8) is 0 Å². The van der Waals surface area contributed by atoms with E-state index in [1.807, 2.05) is 42.5 Å². The second kappa shape index (κ2) is 8.19. The molecule has 0 saturated carbocycles. The number of para-hydroxylation sites is 1. The number of amides is 1. The minimum atomic E-state index is -0.494. The number of hydrogen-bond acceptors (Lipinski definition) is 3. The fraction of sp³-hybridized carbons (Fsp3) is 0.0455. The number of benzene rings is 3. The van der Waals surface area contributed by atoms with Crippen molar-refractivity contribution >= 4 is 50.0 Å². The number of halogens is 2. The highest BCUT2D eigenvalue weighted by atomic mass is 79.9. The lowest BCUT2D eigenvalue weighted by atomic mass is 10.2. The van der Waals surface area contributed by atoms with Crippen LogP contribution in [0.1, 0.15) is 15.9 Å². The number of aromatic hydroxyl groups is 1. The lowest BCUT2D eigenvalue weighted by Crippen LogP contribution is -1.98. The Labute approximate surface area is 180 Å². The van der Waals surface area contributed by atoms with Gasteiger partial charge in [-0.1, -0.05) is 54.1 Å². The van der Waals surface area contributed by atoms with Gasteiger partial charge in [-0.2, -0.15) is 0 Å². The van der Waals surface area contributed by atoms with E-state index in [-0.39, 0.29) is 11.6 Å². The summed E-state index contributed by atoms with van der Waals surface area (Å²) < 4.78 is 2.37. The molecule has 0 bridgehead atoms. The van der Waals surface area contributed by atoms with Gasteiger partial charge >= 0.3 is 0 Å². The molecule has 7 heteroatoms. The summed E-state index contributed by atoms with van der Waals surface area (Å²) in [6.45, 7) is 0.428. The summed E-state index contributed by atoms with van der Waals surface area (Å²) in [4.78, 5) is 12.4. The lowest BCUT2D eigenvalue weighted by Gasteiger charge is -2.07. The van der Waals surface area contributed by atoms with Gasteiger partial charge in [0.25, 0.3) is 5.91 Å². The topological polar surface area (TPSA) is 66.9 Å². The molecule has 1 amide bonds. The van der Waals surface area contributed by atoms with Crippen LogP contribution in [-0.4, -0.2) is 15.6 Å². The van der Waals surface area contributed by atoms with E-state index in [2.05, 4.69) is 26.2 Å². The maximum absolute atomic E-state index is 12.4. The van der Waals surface area contributed by atoms with E-state index in [0.29, 0.717) is 27.0 Å². The molecule has 4 rings (SSSR count). The van der Waals surface area contributed by atoms with Crippen LogP contribution in [0.2, 0.25) is 5.02 Å². The average Bonchev–Trinajstić information content (AvgIpc) is 2.99.